The first-order valence-electron chi connectivity index (χ1n) is 5.54. The van der Waals surface area contributed by atoms with Crippen molar-refractivity contribution in [1.29, 1.82) is 0 Å². The van der Waals surface area contributed by atoms with E-state index in [1.165, 1.54) is 0 Å². The van der Waals surface area contributed by atoms with Gasteiger partial charge in [-0.15, -0.1) is 0 Å². The molecule has 1 aliphatic heterocycles. The van der Waals surface area contributed by atoms with Gasteiger partial charge in [0.2, 0.25) is 0 Å². The van der Waals surface area contributed by atoms with Crippen molar-refractivity contribution in [3.63, 3.8) is 0 Å². The van der Waals surface area contributed by atoms with Crippen LogP contribution in [0.1, 0.15) is 12.1 Å². The highest BCUT2D eigenvalue weighted by Gasteiger charge is 2.34. The molecule has 0 amide bonds. The Kier molecular flexibility index (Phi) is 3.41. The number of hydrogen-bond donors (Lipinski definition) is 1. The van der Waals surface area contributed by atoms with Crippen molar-refractivity contribution < 1.29 is 9.47 Å². The lowest BCUT2D eigenvalue weighted by Gasteiger charge is -2.26. The minimum Gasteiger partial charge on any atom is -0.382 e. The quantitative estimate of drug-likeness (QED) is 0.840. The van der Waals surface area contributed by atoms with Crippen LogP contribution in [0.5, 0.6) is 0 Å². The van der Waals surface area contributed by atoms with E-state index in [4.69, 9.17) is 9.47 Å². The van der Waals surface area contributed by atoms with E-state index in [0.717, 1.165) is 31.0 Å². The molecule has 16 heavy (non-hydrogen) atoms. The smallest absolute Gasteiger partial charge is 0.110 e. The number of aromatic nitrogens is 1. The number of ether oxygens (including phenoxy) is 2. The third-order valence-electron chi connectivity index (χ3n) is 3.01. The third kappa shape index (κ3) is 2.51. The van der Waals surface area contributed by atoms with Crippen molar-refractivity contribution in [3.05, 3.63) is 24.0 Å². The first-order valence-corrected chi connectivity index (χ1v) is 5.54. The first kappa shape index (κ1) is 11.4. The van der Waals surface area contributed by atoms with E-state index < -0.39 is 0 Å². The molecule has 1 saturated heterocycles. The van der Waals surface area contributed by atoms with Crippen LogP contribution in [0, 0.1) is 6.92 Å². The molecule has 1 aliphatic rings. The highest BCUT2D eigenvalue weighted by atomic mass is 16.5. The Morgan fingerprint density at radius 1 is 1.62 bits per heavy atom. The SMILES string of the molecule is COC1(CNc2ccnc(C)c2)CCOC1. The number of methoxy groups -OCH3 is 1. The highest BCUT2D eigenvalue weighted by molar-refractivity contribution is 5.43. The Bertz CT molecular complexity index is 349. The molecule has 1 atom stereocenters. The summed E-state index contributed by atoms with van der Waals surface area (Å²) in [5.74, 6) is 0. The summed E-state index contributed by atoms with van der Waals surface area (Å²) in [6.07, 6.45) is 2.75. The van der Waals surface area contributed by atoms with Gasteiger partial charge in [-0.05, 0) is 19.1 Å². The topological polar surface area (TPSA) is 43.4 Å². The van der Waals surface area contributed by atoms with Gasteiger partial charge in [0.25, 0.3) is 0 Å². The molecular weight excluding hydrogens is 204 g/mol. The summed E-state index contributed by atoms with van der Waals surface area (Å²) in [6, 6.07) is 3.99. The fourth-order valence-corrected chi connectivity index (χ4v) is 1.88. The maximum absolute atomic E-state index is 5.55. The zero-order valence-electron chi connectivity index (χ0n) is 9.82. The summed E-state index contributed by atoms with van der Waals surface area (Å²) in [6.45, 7) is 4.20. The number of pyridine rings is 1. The van der Waals surface area contributed by atoms with Gasteiger partial charge in [-0.3, -0.25) is 4.98 Å². The Balaban J connectivity index is 1.95. The van der Waals surface area contributed by atoms with Crippen LogP contribution in [0.15, 0.2) is 18.3 Å². The van der Waals surface area contributed by atoms with Crippen molar-refractivity contribution in [2.24, 2.45) is 0 Å². The number of hydrogen-bond acceptors (Lipinski definition) is 4. The van der Waals surface area contributed by atoms with Crippen molar-refractivity contribution >= 4 is 5.69 Å². The largest absolute Gasteiger partial charge is 0.382 e. The molecular formula is C12H18N2O2. The summed E-state index contributed by atoms with van der Waals surface area (Å²) in [4.78, 5) is 4.16. The van der Waals surface area contributed by atoms with Crippen LogP contribution in [-0.4, -0.2) is 37.5 Å². The van der Waals surface area contributed by atoms with Gasteiger partial charge in [0, 0.05) is 44.3 Å². The lowest BCUT2D eigenvalue weighted by atomic mass is 10.0. The van der Waals surface area contributed by atoms with E-state index in [1.54, 1.807) is 7.11 Å². The van der Waals surface area contributed by atoms with E-state index in [9.17, 15) is 0 Å². The average Bonchev–Trinajstić information content (AvgIpc) is 2.76. The van der Waals surface area contributed by atoms with Gasteiger partial charge in [0.1, 0.15) is 5.60 Å². The molecule has 4 heteroatoms. The molecule has 88 valence electrons. The predicted molar refractivity (Wildman–Crippen MR) is 62.6 cm³/mol. The maximum Gasteiger partial charge on any atom is 0.110 e. The standard InChI is InChI=1S/C12H18N2O2/c1-10-7-11(3-5-13-10)14-8-12(15-2)4-6-16-9-12/h3,5,7H,4,6,8-9H2,1-2H3,(H,13,14). The van der Waals surface area contributed by atoms with Gasteiger partial charge < -0.3 is 14.8 Å². The second-order valence-corrected chi connectivity index (χ2v) is 4.23. The zero-order chi connectivity index (χ0) is 11.4. The van der Waals surface area contributed by atoms with Crippen LogP contribution in [0.25, 0.3) is 0 Å². The van der Waals surface area contributed by atoms with E-state index >= 15 is 0 Å². The molecule has 4 nitrogen and oxygen atoms in total. The maximum atomic E-state index is 5.55. The van der Waals surface area contributed by atoms with Gasteiger partial charge in [-0.1, -0.05) is 0 Å². The molecule has 0 radical (unpaired) electrons. The molecule has 1 unspecified atom stereocenters. The van der Waals surface area contributed by atoms with Crippen LogP contribution in [0.4, 0.5) is 5.69 Å². The van der Waals surface area contributed by atoms with E-state index in [2.05, 4.69) is 10.3 Å². The number of nitrogens with one attached hydrogen (secondary N) is 1. The van der Waals surface area contributed by atoms with Gasteiger partial charge in [0.05, 0.1) is 6.61 Å². The van der Waals surface area contributed by atoms with Crippen molar-refractivity contribution in [1.82, 2.24) is 4.98 Å². The first-order chi connectivity index (χ1) is 7.74. The minimum atomic E-state index is -0.169. The van der Waals surface area contributed by atoms with Crippen LogP contribution >= 0.6 is 0 Å². The normalized spacial score (nSPS) is 24.6. The Morgan fingerprint density at radius 2 is 2.50 bits per heavy atom. The lowest BCUT2D eigenvalue weighted by molar-refractivity contribution is -0.00620. The van der Waals surface area contributed by atoms with Crippen LogP contribution in [0.3, 0.4) is 0 Å². The third-order valence-corrected chi connectivity index (χ3v) is 3.01. The van der Waals surface area contributed by atoms with Crippen molar-refractivity contribution in [2.45, 2.75) is 18.9 Å². The Labute approximate surface area is 96.0 Å². The van der Waals surface area contributed by atoms with E-state index in [1.807, 2.05) is 25.3 Å². The van der Waals surface area contributed by atoms with Crippen LogP contribution < -0.4 is 5.32 Å². The molecule has 0 aliphatic carbocycles. The van der Waals surface area contributed by atoms with Crippen LogP contribution in [-0.2, 0) is 9.47 Å². The lowest BCUT2D eigenvalue weighted by Crippen LogP contribution is -2.39. The summed E-state index contributed by atoms with van der Waals surface area (Å²) in [7, 11) is 1.74. The number of aryl methyl sites for hydroxylation is 1. The zero-order valence-corrected chi connectivity index (χ0v) is 9.82. The predicted octanol–water partition coefficient (Wildman–Crippen LogP) is 1.61. The number of anilines is 1. The summed E-state index contributed by atoms with van der Waals surface area (Å²) in [5, 5.41) is 3.37. The molecule has 0 aromatic carbocycles. The number of nitrogens with zero attached hydrogens (tertiary/aromatic N) is 1. The van der Waals surface area contributed by atoms with Crippen molar-refractivity contribution in [3.8, 4) is 0 Å². The molecule has 2 rings (SSSR count). The molecule has 0 saturated carbocycles. The Hall–Kier alpha value is -1.13. The second kappa shape index (κ2) is 4.80. The summed E-state index contributed by atoms with van der Waals surface area (Å²) >= 11 is 0. The summed E-state index contributed by atoms with van der Waals surface area (Å²) in [5.41, 5.74) is 1.92. The van der Waals surface area contributed by atoms with Crippen LogP contribution in [0.2, 0.25) is 0 Å². The fraction of sp³-hybridized carbons (Fsp3) is 0.583. The molecule has 2 heterocycles. The van der Waals surface area contributed by atoms with Gasteiger partial charge in [-0.25, -0.2) is 0 Å². The van der Waals surface area contributed by atoms with Gasteiger partial charge in [-0.2, -0.15) is 0 Å². The Morgan fingerprint density at radius 3 is 3.12 bits per heavy atom. The summed E-state index contributed by atoms with van der Waals surface area (Å²) < 4.78 is 10.9. The molecule has 1 aromatic rings. The molecule has 0 spiro atoms. The highest BCUT2D eigenvalue weighted by Crippen LogP contribution is 2.23. The van der Waals surface area contributed by atoms with Gasteiger partial charge in [0.15, 0.2) is 0 Å². The van der Waals surface area contributed by atoms with E-state index in [0.29, 0.717) is 6.61 Å². The number of rotatable bonds is 4. The minimum absolute atomic E-state index is 0.169. The van der Waals surface area contributed by atoms with E-state index in [-0.39, 0.29) is 5.60 Å². The average molecular weight is 222 g/mol. The van der Waals surface area contributed by atoms with Crippen molar-refractivity contribution in [2.75, 3.05) is 32.2 Å². The molecule has 1 aromatic heterocycles. The molecule has 0 bridgehead atoms. The monoisotopic (exact) mass is 222 g/mol. The molecule has 1 N–H and O–H groups in total. The molecule has 1 fully saturated rings. The fourth-order valence-electron chi connectivity index (χ4n) is 1.88. The van der Waals surface area contributed by atoms with Gasteiger partial charge >= 0.3 is 0 Å². The second-order valence-electron chi connectivity index (χ2n) is 4.23.